The Morgan fingerprint density at radius 1 is 0.958 bits per heavy atom. The smallest absolute Gasteiger partial charge is 0.416 e. The fourth-order valence-corrected chi connectivity index (χ4v) is 1.53. The minimum Gasteiger partial charge on any atom is -0.450 e. The molecule has 2 amide bonds. The predicted molar refractivity (Wildman–Crippen MR) is 82.4 cm³/mol. The van der Waals surface area contributed by atoms with Gasteiger partial charge in [0.2, 0.25) is 0 Å². The van der Waals surface area contributed by atoms with Gasteiger partial charge in [-0.1, -0.05) is 36.4 Å². The third-order valence-electron chi connectivity index (χ3n) is 2.63. The van der Waals surface area contributed by atoms with Crippen LogP contribution < -0.4 is 5.32 Å². The first-order chi connectivity index (χ1) is 11.3. The first-order valence-electron chi connectivity index (χ1n) is 7.00. The second-order valence-corrected chi connectivity index (χ2v) is 4.40. The molecule has 0 bridgehead atoms. The number of carbonyl (C=O) groups excluding carboxylic acids is 2. The molecule has 0 aromatic heterocycles. The van der Waals surface area contributed by atoms with Gasteiger partial charge in [-0.2, -0.15) is 13.2 Å². The van der Waals surface area contributed by atoms with E-state index in [0.29, 0.717) is 0 Å². The lowest BCUT2D eigenvalue weighted by molar-refractivity contribution is -0.137. The number of halogens is 3. The highest BCUT2D eigenvalue weighted by molar-refractivity contribution is 6.02. The predicted octanol–water partition coefficient (Wildman–Crippen LogP) is 4.28. The highest BCUT2D eigenvalue weighted by Crippen LogP contribution is 2.28. The number of carbonyl (C=O) groups is 2. The second-order valence-electron chi connectivity index (χ2n) is 4.40. The Bertz CT molecular complexity index is 614. The molecule has 0 saturated carbocycles. The van der Waals surface area contributed by atoms with E-state index in [1.165, 1.54) is 0 Å². The Kier molecular flexibility index (Phi) is 7.48. The maximum absolute atomic E-state index is 12.3. The lowest BCUT2D eigenvalue weighted by Crippen LogP contribution is -2.31. The van der Waals surface area contributed by atoms with Crippen LogP contribution in [-0.4, -0.2) is 18.6 Å². The molecule has 2 rings (SSSR count). The number of hydrogen-bond acceptors (Lipinski definition) is 3. The van der Waals surface area contributed by atoms with Crippen LogP contribution in [0.1, 0.15) is 22.8 Å². The largest absolute Gasteiger partial charge is 0.450 e. The molecule has 0 saturated heterocycles. The first kappa shape index (κ1) is 19.2. The van der Waals surface area contributed by atoms with Gasteiger partial charge >= 0.3 is 12.3 Å². The number of benzene rings is 2. The molecule has 1 N–H and O–H groups in total. The molecule has 0 heterocycles. The van der Waals surface area contributed by atoms with E-state index in [0.717, 1.165) is 24.3 Å². The highest BCUT2D eigenvalue weighted by Gasteiger charge is 2.30. The van der Waals surface area contributed by atoms with E-state index in [4.69, 9.17) is 0 Å². The molecule has 2 aromatic rings. The van der Waals surface area contributed by atoms with Gasteiger partial charge in [-0.3, -0.25) is 10.1 Å². The molecular formula is C17H16F3NO3. The first-order valence-corrected chi connectivity index (χ1v) is 7.00. The molecule has 0 aliphatic carbocycles. The van der Waals surface area contributed by atoms with Crippen molar-refractivity contribution in [1.29, 1.82) is 0 Å². The van der Waals surface area contributed by atoms with Crippen LogP contribution in [0.2, 0.25) is 0 Å². The van der Waals surface area contributed by atoms with E-state index in [2.05, 4.69) is 4.74 Å². The minimum absolute atomic E-state index is 0.0592. The molecule has 7 heteroatoms. The molecule has 0 aliphatic rings. The third kappa shape index (κ3) is 6.95. The van der Waals surface area contributed by atoms with Crippen LogP contribution >= 0.6 is 0 Å². The number of imide groups is 1. The summed E-state index contributed by atoms with van der Waals surface area (Å²) in [6.07, 6.45) is -5.40. The van der Waals surface area contributed by atoms with Gasteiger partial charge in [0.25, 0.3) is 5.91 Å². The van der Waals surface area contributed by atoms with Crippen molar-refractivity contribution in [1.82, 2.24) is 5.32 Å². The SMILES string of the molecule is CCOC(=O)NC(=O)c1ccc(C(F)(F)F)cc1.c1ccccc1. The van der Waals surface area contributed by atoms with Crippen LogP contribution in [0, 0.1) is 0 Å². The number of nitrogens with one attached hydrogen (secondary N) is 1. The lowest BCUT2D eigenvalue weighted by Gasteiger charge is -2.07. The Morgan fingerprint density at radius 2 is 1.42 bits per heavy atom. The molecule has 24 heavy (non-hydrogen) atoms. The zero-order valence-corrected chi connectivity index (χ0v) is 12.8. The summed E-state index contributed by atoms with van der Waals surface area (Å²) >= 11 is 0. The number of ether oxygens (including phenoxy) is 1. The lowest BCUT2D eigenvalue weighted by atomic mass is 10.1. The summed E-state index contributed by atoms with van der Waals surface area (Å²) in [6.45, 7) is 1.65. The average Bonchev–Trinajstić information content (AvgIpc) is 2.56. The molecule has 2 aromatic carbocycles. The van der Waals surface area contributed by atoms with E-state index in [1.54, 1.807) is 6.92 Å². The van der Waals surface area contributed by atoms with E-state index < -0.39 is 23.7 Å². The van der Waals surface area contributed by atoms with Gasteiger partial charge in [-0.15, -0.1) is 0 Å². The number of alkyl halides is 3. The van der Waals surface area contributed by atoms with E-state index in [1.807, 2.05) is 41.7 Å². The van der Waals surface area contributed by atoms with Crippen molar-refractivity contribution in [3.05, 3.63) is 71.8 Å². The van der Waals surface area contributed by atoms with Crippen LogP contribution in [0.15, 0.2) is 60.7 Å². The average molecular weight is 339 g/mol. The van der Waals surface area contributed by atoms with Crippen molar-refractivity contribution in [2.24, 2.45) is 0 Å². The molecular weight excluding hydrogens is 323 g/mol. The molecule has 0 unspecified atom stereocenters. The highest BCUT2D eigenvalue weighted by atomic mass is 19.4. The van der Waals surface area contributed by atoms with Crippen LogP contribution in [0.4, 0.5) is 18.0 Å². The Morgan fingerprint density at radius 3 is 1.79 bits per heavy atom. The number of hydrogen-bond donors (Lipinski definition) is 1. The Labute approximate surface area is 137 Å². The zero-order chi connectivity index (χ0) is 18.0. The fourth-order valence-electron chi connectivity index (χ4n) is 1.53. The van der Waals surface area contributed by atoms with Gasteiger partial charge in [0.15, 0.2) is 0 Å². The van der Waals surface area contributed by atoms with Crippen molar-refractivity contribution >= 4 is 12.0 Å². The Hall–Kier alpha value is -2.83. The van der Waals surface area contributed by atoms with Gasteiger partial charge < -0.3 is 4.74 Å². The number of alkyl carbamates (subject to hydrolysis) is 1. The van der Waals surface area contributed by atoms with E-state index >= 15 is 0 Å². The van der Waals surface area contributed by atoms with Crippen molar-refractivity contribution in [2.75, 3.05) is 6.61 Å². The fraction of sp³-hybridized carbons (Fsp3) is 0.176. The van der Waals surface area contributed by atoms with Crippen molar-refractivity contribution in [3.63, 3.8) is 0 Å². The summed E-state index contributed by atoms with van der Waals surface area (Å²) in [5, 5.41) is 1.87. The van der Waals surface area contributed by atoms with Gasteiger partial charge in [0, 0.05) is 5.56 Å². The quantitative estimate of drug-likeness (QED) is 0.888. The van der Waals surface area contributed by atoms with Crippen LogP contribution in [0.3, 0.4) is 0 Å². The molecule has 4 nitrogen and oxygen atoms in total. The van der Waals surface area contributed by atoms with Gasteiger partial charge in [0.05, 0.1) is 12.2 Å². The Balaban J connectivity index is 0.000000400. The molecule has 0 radical (unpaired) electrons. The van der Waals surface area contributed by atoms with Gasteiger partial charge in [-0.25, -0.2) is 4.79 Å². The molecule has 128 valence electrons. The summed E-state index contributed by atoms with van der Waals surface area (Å²) in [7, 11) is 0. The van der Waals surface area contributed by atoms with Crippen LogP contribution in [-0.2, 0) is 10.9 Å². The van der Waals surface area contributed by atoms with Crippen LogP contribution in [0.25, 0.3) is 0 Å². The summed E-state index contributed by atoms with van der Waals surface area (Å²) in [6, 6.07) is 15.5. The monoisotopic (exact) mass is 339 g/mol. The number of rotatable bonds is 2. The van der Waals surface area contributed by atoms with E-state index in [9.17, 15) is 22.8 Å². The second kappa shape index (κ2) is 9.34. The summed E-state index contributed by atoms with van der Waals surface area (Å²) in [5.41, 5.74) is -0.925. The maximum Gasteiger partial charge on any atom is 0.416 e. The maximum atomic E-state index is 12.3. The van der Waals surface area contributed by atoms with Crippen molar-refractivity contribution < 1.29 is 27.5 Å². The van der Waals surface area contributed by atoms with Gasteiger partial charge in [0.1, 0.15) is 0 Å². The van der Waals surface area contributed by atoms with E-state index in [-0.39, 0.29) is 12.2 Å². The van der Waals surface area contributed by atoms with Crippen molar-refractivity contribution in [3.8, 4) is 0 Å². The van der Waals surface area contributed by atoms with Crippen LogP contribution in [0.5, 0.6) is 0 Å². The minimum atomic E-state index is -4.46. The summed E-state index contributed by atoms with van der Waals surface area (Å²) in [4.78, 5) is 22.3. The van der Waals surface area contributed by atoms with Crippen molar-refractivity contribution in [2.45, 2.75) is 13.1 Å². The third-order valence-corrected chi connectivity index (χ3v) is 2.63. The topological polar surface area (TPSA) is 55.4 Å². The summed E-state index contributed by atoms with van der Waals surface area (Å²) in [5.74, 6) is -0.817. The zero-order valence-electron chi connectivity index (χ0n) is 12.8. The molecule has 0 spiro atoms. The standard InChI is InChI=1S/C11H10F3NO3.C6H6/c1-2-18-10(17)15-9(16)7-3-5-8(6-4-7)11(12,13)14;1-2-4-6-5-3-1/h3-6H,2H2,1H3,(H,15,16,17);1-6H. The summed E-state index contributed by atoms with van der Waals surface area (Å²) < 4.78 is 41.2. The molecule has 0 atom stereocenters. The van der Waals surface area contributed by atoms with Gasteiger partial charge in [-0.05, 0) is 31.2 Å². The molecule has 0 fully saturated rings. The number of amides is 2. The normalized spacial score (nSPS) is 10.2. The molecule has 0 aliphatic heterocycles.